The molecule has 0 radical (unpaired) electrons. The molecular weight excluding hydrogens is 1560 g/mol. The standard InChI is InChI=1S/C24H23ClN4O.C23H26ClN5O2.C23H29N5O2.C21H24ClN5O/c1-15(2)18-8-10-19(11-9-18)28-24(30)20-12-26-23-22(21(20)25)27-14-29(23)13-17-6-4-16(3)5-7-17;1-15-3-5-18(6-4-15)27-23(31)19-13-25-22-21(20(19)24)26-14-29(22)12-9-17-7-10-28(11-8-17)16(2)30;1-3-30-21-19(23(29)27-18-6-4-16(2)5-7-18)14-25-22-20(21)26-15-28(22)13-10-17-8-11-24-12-9-17;1-14-2-4-16(5-3-14)26-21(28)17-12-24-20-19(18(17)22)25-13-27(20)11-8-15-6-9-23-10-7-15/h4-12,14-15H,13H2,1-3H3,(H,28,30);3-6,13-14,17H,7-12H2,1-2H3,(H,27,31);4-7,14-15,17,24H,3,8-13H2,1-2H3,(H,27,29);2-5,12-13,15,23H,6-11H2,1H3,(H,26,28). The van der Waals surface area contributed by atoms with E-state index in [0.717, 1.165) is 148 Å². The fourth-order valence-electron chi connectivity index (χ4n) is 14.8. The number of pyridine rings is 4. The van der Waals surface area contributed by atoms with E-state index in [4.69, 9.17) is 39.5 Å². The summed E-state index contributed by atoms with van der Waals surface area (Å²) >= 11 is 19.6. The van der Waals surface area contributed by atoms with Gasteiger partial charge in [-0.25, -0.2) is 39.9 Å². The number of ether oxygens (including phenoxy) is 1. The SMILES string of the molecule is CC(=O)N1CCC(CCn2cnc3c(Cl)c(C(=O)Nc4ccc(C)cc4)cnc32)CC1.CCOc1c(C(=O)Nc2ccc(C)cc2)cnc2c1ncn2CCC1CCNCC1.Cc1ccc(Cn2cnc3c(Cl)c(C(=O)Nc4ccc(C(C)C)cc4)cnc32)cc1.Cc1ccc(NC(=O)c2cnc3c(ncn3CCC3CCNCC3)c2Cl)cc1. The van der Waals surface area contributed by atoms with Gasteiger partial charge in [0.25, 0.3) is 23.6 Å². The Bertz CT molecular complexity index is 5670. The number of hydrogen-bond acceptors (Lipinski definition) is 16. The van der Waals surface area contributed by atoms with Crippen LogP contribution in [0.25, 0.3) is 44.7 Å². The highest BCUT2D eigenvalue weighted by Gasteiger charge is 2.27. The van der Waals surface area contributed by atoms with Crippen LogP contribution in [0.2, 0.25) is 15.1 Å². The molecule has 618 valence electrons. The Labute approximate surface area is 707 Å². The molecule has 25 nitrogen and oxygen atoms in total. The van der Waals surface area contributed by atoms with Crippen LogP contribution in [0.5, 0.6) is 5.75 Å². The fourth-order valence-corrected chi connectivity index (χ4v) is 15.6. The van der Waals surface area contributed by atoms with Crippen LogP contribution in [0.15, 0.2) is 171 Å². The molecular formula is C91H102Cl3N19O6. The predicted octanol–water partition coefficient (Wildman–Crippen LogP) is 17.9. The van der Waals surface area contributed by atoms with Gasteiger partial charge in [0.05, 0.1) is 70.2 Å². The third kappa shape index (κ3) is 21.9. The lowest BCUT2D eigenvalue weighted by molar-refractivity contribution is -0.130. The number of rotatable bonds is 22. The van der Waals surface area contributed by atoms with Gasteiger partial charge >= 0.3 is 0 Å². The van der Waals surface area contributed by atoms with E-state index in [1.807, 2.05) is 150 Å². The molecule has 3 saturated heterocycles. The zero-order chi connectivity index (χ0) is 83.6. The van der Waals surface area contributed by atoms with E-state index < -0.39 is 0 Å². The summed E-state index contributed by atoms with van der Waals surface area (Å²) in [5.74, 6) is 1.97. The Morgan fingerprint density at radius 3 is 1.09 bits per heavy atom. The van der Waals surface area contributed by atoms with Gasteiger partial charge in [-0.1, -0.05) is 144 Å². The minimum absolute atomic E-state index is 0.153. The van der Waals surface area contributed by atoms with Crippen LogP contribution in [0, 0.1) is 45.4 Å². The summed E-state index contributed by atoms with van der Waals surface area (Å²) in [5, 5.41) is 19.3. The first-order valence-electron chi connectivity index (χ1n) is 40.8. The number of imidazole rings is 4. The molecule has 5 amide bonds. The van der Waals surface area contributed by atoms with Crippen molar-refractivity contribution in [3.63, 3.8) is 0 Å². The highest BCUT2D eigenvalue weighted by Crippen LogP contribution is 2.34. The Hall–Kier alpha value is -11.5. The van der Waals surface area contributed by atoms with E-state index in [0.29, 0.717) is 113 Å². The second-order valence-corrected chi connectivity index (χ2v) is 32.3. The lowest BCUT2D eigenvalue weighted by Crippen LogP contribution is -2.37. The van der Waals surface area contributed by atoms with Crippen LogP contribution < -0.4 is 36.6 Å². The highest BCUT2D eigenvalue weighted by atomic mass is 35.5. The maximum Gasteiger partial charge on any atom is 0.261 e. The number of carbonyl (C=O) groups excluding carboxylic acids is 5. The monoisotopic (exact) mass is 1660 g/mol. The number of carbonyl (C=O) groups is 5. The van der Waals surface area contributed by atoms with Crippen molar-refractivity contribution in [2.24, 2.45) is 17.8 Å². The molecule has 3 aliphatic heterocycles. The van der Waals surface area contributed by atoms with Crippen LogP contribution >= 0.6 is 34.8 Å². The molecule has 8 aromatic heterocycles. The van der Waals surface area contributed by atoms with Gasteiger partial charge < -0.3 is 59.8 Å². The van der Waals surface area contributed by atoms with Crippen LogP contribution in [0.4, 0.5) is 22.7 Å². The summed E-state index contributed by atoms with van der Waals surface area (Å²) in [6.07, 6.45) is 23.3. The number of hydrogen-bond donors (Lipinski definition) is 6. The Kier molecular flexibility index (Phi) is 28.9. The van der Waals surface area contributed by atoms with E-state index in [1.165, 1.54) is 55.4 Å². The van der Waals surface area contributed by atoms with Gasteiger partial charge in [0.1, 0.15) is 22.1 Å². The number of halogens is 3. The van der Waals surface area contributed by atoms with Crippen molar-refractivity contribution in [3.8, 4) is 5.75 Å². The number of fused-ring (bicyclic) bond motifs is 4. The molecule has 0 unspecified atom stereocenters. The maximum atomic E-state index is 12.9. The number of benzene rings is 5. The van der Waals surface area contributed by atoms with E-state index >= 15 is 0 Å². The quantitative estimate of drug-likeness (QED) is 0.0367. The van der Waals surface area contributed by atoms with Crippen molar-refractivity contribution < 1.29 is 28.7 Å². The van der Waals surface area contributed by atoms with E-state index in [9.17, 15) is 24.0 Å². The first-order chi connectivity index (χ1) is 57.6. The third-order valence-corrected chi connectivity index (χ3v) is 23.3. The van der Waals surface area contributed by atoms with Crippen LogP contribution in [0.3, 0.4) is 0 Å². The summed E-state index contributed by atoms with van der Waals surface area (Å²) in [6, 6.07) is 39.0. The molecule has 28 heteroatoms. The van der Waals surface area contributed by atoms with Gasteiger partial charge in [-0.15, -0.1) is 0 Å². The number of likely N-dealkylation sites (tertiary alicyclic amines) is 1. The molecule has 11 heterocycles. The van der Waals surface area contributed by atoms with Gasteiger partial charge in [-0.05, 0) is 202 Å². The molecule has 6 N–H and O–H groups in total. The van der Waals surface area contributed by atoms with Crippen molar-refractivity contribution in [2.75, 3.05) is 67.1 Å². The Morgan fingerprint density at radius 2 is 0.731 bits per heavy atom. The Balaban J connectivity index is 0.000000137. The molecule has 3 aliphatic rings. The molecule has 0 aliphatic carbocycles. The average molecular weight is 1660 g/mol. The van der Waals surface area contributed by atoms with Crippen LogP contribution in [0.1, 0.15) is 166 Å². The summed E-state index contributed by atoms with van der Waals surface area (Å²) in [5.41, 5.74) is 16.3. The molecule has 16 rings (SSSR count). The van der Waals surface area contributed by atoms with Crippen molar-refractivity contribution in [1.29, 1.82) is 0 Å². The van der Waals surface area contributed by atoms with Crippen molar-refractivity contribution in [3.05, 3.63) is 242 Å². The predicted molar refractivity (Wildman–Crippen MR) is 472 cm³/mol. The van der Waals surface area contributed by atoms with Gasteiger partial charge in [0.2, 0.25) is 5.91 Å². The van der Waals surface area contributed by atoms with Gasteiger partial charge in [-0.3, -0.25) is 24.0 Å². The lowest BCUT2D eigenvalue weighted by atomic mass is 9.93. The molecule has 5 aromatic carbocycles. The molecule has 0 spiro atoms. The second kappa shape index (κ2) is 40.3. The third-order valence-electron chi connectivity index (χ3n) is 22.1. The maximum absolute atomic E-state index is 12.9. The number of anilines is 4. The zero-order valence-corrected chi connectivity index (χ0v) is 70.8. The van der Waals surface area contributed by atoms with E-state index in [2.05, 4.69) is 121 Å². The van der Waals surface area contributed by atoms with Crippen molar-refractivity contribution in [1.82, 2.24) is 73.7 Å². The number of aromatic nitrogens is 12. The van der Waals surface area contributed by atoms with Crippen LogP contribution in [-0.2, 0) is 31.0 Å². The molecule has 3 fully saturated rings. The topological polar surface area (TPSA) is 293 Å². The van der Waals surface area contributed by atoms with Crippen LogP contribution in [-0.4, -0.2) is 138 Å². The summed E-state index contributed by atoms with van der Waals surface area (Å²) in [4.78, 5) is 100. The van der Waals surface area contributed by atoms with Crippen molar-refractivity contribution in [2.45, 2.75) is 145 Å². The number of nitrogens with zero attached hydrogens (tertiary/aromatic N) is 13. The number of nitrogens with one attached hydrogen (secondary N) is 6. The van der Waals surface area contributed by atoms with Gasteiger partial charge in [0, 0.05) is 87.2 Å². The number of piperidine rings is 3. The zero-order valence-electron chi connectivity index (χ0n) is 68.5. The molecule has 0 atom stereocenters. The van der Waals surface area contributed by atoms with Gasteiger partial charge in [-0.2, -0.15) is 0 Å². The lowest BCUT2D eigenvalue weighted by Gasteiger charge is -2.31. The summed E-state index contributed by atoms with van der Waals surface area (Å²) in [7, 11) is 0. The fraction of sp³-hybridized carbons (Fsp3) is 0.352. The minimum atomic E-state index is -0.310. The van der Waals surface area contributed by atoms with Crippen molar-refractivity contribution >= 4 is 132 Å². The molecule has 0 saturated carbocycles. The van der Waals surface area contributed by atoms with Gasteiger partial charge in [0.15, 0.2) is 33.9 Å². The van der Waals surface area contributed by atoms with E-state index in [-0.39, 0.29) is 29.5 Å². The summed E-state index contributed by atoms with van der Waals surface area (Å²) < 4.78 is 13.9. The molecule has 0 bridgehead atoms. The molecule has 13 aromatic rings. The Morgan fingerprint density at radius 1 is 0.420 bits per heavy atom. The number of amides is 5. The number of aryl methyl sites for hydroxylation is 7. The first-order valence-corrected chi connectivity index (χ1v) is 42.0. The van der Waals surface area contributed by atoms with E-state index in [1.54, 1.807) is 32.1 Å². The summed E-state index contributed by atoms with van der Waals surface area (Å²) in [6.45, 7) is 25.5. The normalized spacial score (nSPS) is 13.9. The second-order valence-electron chi connectivity index (χ2n) is 31.1. The minimum Gasteiger partial charge on any atom is -0.491 e. The average Bonchev–Trinajstić information content (AvgIpc) is 1.68. The molecule has 119 heavy (non-hydrogen) atoms. The highest BCUT2D eigenvalue weighted by molar-refractivity contribution is 6.39. The smallest absolute Gasteiger partial charge is 0.261 e. The largest absolute Gasteiger partial charge is 0.491 e. The first kappa shape index (κ1) is 85.4.